The third-order valence-electron chi connectivity index (χ3n) is 3.03. The van der Waals surface area contributed by atoms with Gasteiger partial charge in [0.1, 0.15) is 4.99 Å². The van der Waals surface area contributed by atoms with Crippen molar-refractivity contribution < 1.29 is 4.79 Å². The van der Waals surface area contributed by atoms with Crippen molar-refractivity contribution in [1.82, 2.24) is 15.1 Å². The van der Waals surface area contributed by atoms with Crippen molar-refractivity contribution in [2.24, 2.45) is 5.73 Å². The van der Waals surface area contributed by atoms with E-state index in [2.05, 4.69) is 10.4 Å². The number of hydrogen-bond acceptors (Lipinski definition) is 3. The zero-order valence-electron chi connectivity index (χ0n) is 11.9. The first kappa shape index (κ1) is 15.2. The number of thiocarbonyl (C=S) groups is 1. The molecule has 1 amide bonds. The Balaban J connectivity index is 1.77. The molecule has 0 saturated carbocycles. The topological polar surface area (TPSA) is 72.9 Å². The van der Waals surface area contributed by atoms with Crippen LogP contribution < -0.4 is 11.1 Å². The molecule has 2 aromatic rings. The number of rotatable bonds is 6. The Morgan fingerprint density at radius 1 is 1.38 bits per heavy atom. The van der Waals surface area contributed by atoms with Crippen molar-refractivity contribution in [1.29, 1.82) is 0 Å². The highest BCUT2D eigenvalue weighted by atomic mass is 32.1. The lowest BCUT2D eigenvalue weighted by Crippen LogP contribution is -2.28. The van der Waals surface area contributed by atoms with Gasteiger partial charge in [-0.3, -0.25) is 9.48 Å². The van der Waals surface area contributed by atoms with Crippen LogP contribution in [0.3, 0.4) is 0 Å². The molecule has 0 atom stereocenters. The Morgan fingerprint density at radius 2 is 2.10 bits per heavy atom. The number of carbonyl (C=O) groups excluding carboxylic acids is 1. The SMILES string of the molecule is Cc1cnn(CCNC(=O)Cc2ccc(C(N)=S)cc2)c1. The zero-order valence-corrected chi connectivity index (χ0v) is 12.7. The fraction of sp³-hybridized carbons (Fsp3) is 0.267. The Morgan fingerprint density at radius 3 is 2.67 bits per heavy atom. The second kappa shape index (κ2) is 6.99. The van der Waals surface area contributed by atoms with E-state index in [1.54, 1.807) is 6.20 Å². The molecule has 0 aliphatic heterocycles. The van der Waals surface area contributed by atoms with Crippen molar-refractivity contribution >= 4 is 23.1 Å². The molecule has 2 rings (SSSR count). The number of aryl methyl sites for hydroxylation is 1. The van der Waals surface area contributed by atoms with Crippen LogP contribution in [0, 0.1) is 6.92 Å². The van der Waals surface area contributed by atoms with Crippen LogP contribution in [0.5, 0.6) is 0 Å². The van der Waals surface area contributed by atoms with Gasteiger partial charge in [0.2, 0.25) is 5.91 Å². The van der Waals surface area contributed by atoms with E-state index >= 15 is 0 Å². The van der Waals surface area contributed by atoms with Crippen molar-refractivity contribution in [3.8, 4) is 0 Å². The Kier molecular flexibility index (Phi) is 5.05. The van der Waals surface area contributed by atoms with Crippen LogP contribution in [0.1, 0.15) is 16.7 Å². The van der Waals surface area contributed by atoms with Crippen LogP contribution >= 0.6 is 12.2 Å². The lowest BCUT2D eigenvalue weighted by Gasteiger charge is -2.06. The number of aromatic nitrogens is 2. The highest BCUT2D eigenvalue weighted by Crippen LogP contribution is 2.05. The summed E-state index contributed by atoms with van der Waals surface area (Å²) in [5.74, 6) is -0.0121. The van der Waals surface area contributed by atoms with Crippen LogP contribution in [0.15, 0.2) is 36.7 Å². The molecule has 1 aromatic carbocycles. The minimum absolute atomic E-state index is 0.0121. The van der Waals surface area contributed by atoms with E-state index in [1.165, 1.54) is 0 Å². The first-order chi connectivity index (χ1) is 10.0. The molecule has 1 aromatic heterocycles. The van der Waals surface area contributed by atoms with Gasteiger partial charge < -0.3 is 11.1 Å². The highest BCUT2D eigenvalue weighted by Gasteiger charge is 2.04. The second-order valence-electron chi connectivity index (χ2n) is 4.87. The molecule has 1 heterocycles. The van der Waals surface area contributed by atoms with Gasteiger partial charge in [-0.1, -0.05) is 36.5 Å². The highest BCUT2D eigenvalue weighted by molar-refractivity contribution is 7.80. The predicted octanol–water partition coefficient (Wildman–Crippen LogP) is 1.18. The average Bonchev–Trinajstić information content (AvgIpc) is 2.85. The van der Waals surface area contributed by atoms with Gasteiger partial charge in [0.25, 0.3) is 0 Å². The summed E-state index contributed by atoms with van der Waals surface area (Å²) < 4.78 is 1.81. The molecule has 0 saturated heterocycles. The molecular formula is C15H18N4OS. The van der Waals surface area contributed by atoms with E-state index in [0.29, 0.717) is 24.5 Å². The number of amides is 1. The summed E-state index contributed by atoms with van der Waals surface area (Å²) in [4.78, 5) is 12.2. The zero-order chi connectivity index (χ0) is 15.2. The molecule has 0 fully saturated rings. The molecule has 0 spiro atoms. The number of carbonyl (C=O) groups is 1. The molecule has 0 aliphatic carbocycles. The molecule has 3 N–H and O–H groups in total. The van der Waals surface area contributed by atoms with E-state index < -0.39 is 0 Å². The third kappa shape index (κ3) is 4.68. The maximum atomic E-state index is 11.8. The number of benzene rings is 1. The molecule has 0 bridgehead atoms. The van der Waals surface area contributed by atoms with Gasteiger partial charge in [0, 0.05) is 18.3 Å². The second-order valence-corrected chi connectivity index (χ2v) is 5.31. The van der Waals surface area contributed by atoms with Crippen LogP contribution in [0.25, 0.3) is 0 Å². The van der Waals surface area contributed by atoms with E-state index in [4.69, 9.17) is 18.0 Å². The van der Waals surface area contributed by atoms with Crippen LogP contribution in [-0.4, -0.2) is 27.2 Å². The first-order valence-electron chi connectivity index (χ1n) is 6.69. The summed E-state index contributed by atoms with van der Waals surface area (Å²) >= 11 is 4.89. The van der Waals surface area contributed by atoms with Gasteiger partial charge in [-0.25, -0.2) is 0 Å². The Hall–Kier alpha value is -2.21. The molecule has 110 valence electrons. The lowest BCUT2D eigenvalue weighted by molar-refractivity contribution is -0.120. The number of nitrogens with two attached hydrogens (primary N) is 1. The molecule has 0 radical (unpaired) electrons. The summed E-state index contributed by atoms with van der Waals surface area (Å²) in [5.41, 5.74) is 8.38. The van der Waals surface area contributed by atoms with Crippen molar-refractivity contribution in [2.75, 3.05) is 6.54 Å². The van der Waals surface area contributed by atoms with Crippen molar-refractivity contribution in [3.05, 3.63) is 53.3 Å². The first-order valence-corrected chi connectivity index (χ1v) is 7.10. The van der Waals surface area contributed by atoms with Crippen LogP contribution in [0.2, 0.25) is 0 Å². The molecule has 0 aliphatic rings. The Labute approximate surface area is 129 Å². The standard InChI is InChI=1S/C15H18N4OS/c1-11-9-18-19(10-11)7-6-17-14(20)8-12-2-4-13(5-3-12)15(16)21/h2-5,9-10H,6-8H2,1H3,(H2,16,21)(H,17,20). The largest absolute Gasteiger partial charge is 0.389 e. The minimum Gasteiger partial charge on any atom is -0.389 e. The smallest absolute Gasteiger partial charge is 0.224 e. The average molecular weight is 302 g/mol. The quantitative estimate of drug-likeness (QED) is 0.786. The van der Waals surface area contributed by atoms with Gasteiger partial charge in [-0.2, -0.15) is 5.10 Å². The third-order valence-corrected chi connectivity index (χ3v) is 3.26. The predicted molar refractivity (Wildman–Crippen MR) is 86.0 cm³/mol. The van der Waals surface area contributed by atoms with Crippen LogP contribution in [0.4, 0.5) is 0 Å². The molecule has 5 nitrogen and oxygen atoms in total. The monoisotopic (exact) mass is 302 g/mol. The lowest BCUT2D eigenvalue weighted by atomic mass is 10.1. The number of nitrogens with one attached hydrogen (secondary N) is 1. The summed E-state index contributed by atoms with van der Waals surface area (Å²) in [6.45, 7) is 3.21. The van der Waals surface area contributed by atoms with Crippen molar-refractivity contribution in [2.45, 2.75) is 19.9 Å². The van der Waals surface area contributed by atoms with Gasteiger partial charge in [-0.05, 0) is 18.1 Å². The maximum absolute atomic E-state index is 11.8. The van der Waals surface area contributed by atoms with Gasteiger partial charge in [0.05, 0.1) is 19.2 Å². The molecule has 6 heteroatoms. The fourth-order valence-corrected chi connectivity index (χ4v) is 2.07. The number of hydrogen-bond donors (Lipinski definition) is 2. The maximum Gasteiger partial charge on any atom is 0.224 e. The number of nitrogens with zero attached hydrogens (tertiary/aromatic N) is 2. The molecule has 21 heavy (non-hydrogen) atoms. The van der Waals surface area contributed by atoms with E-state index in [1.807, 2.05) is 42.1 Å². The summed E-state index contributed by atoms with van der Waals surface area (Å²) in [6.07, 6.45) is 4.08. The molecule has 0 unspecified atom stereocenters. The molecular weight excluding hydrogens is 284 g/mol. The van der Waals surface area contributed by atoms with Crippen LogP contribution in [-0.2, 0) is 17.8 Å². The van der Waals surface area contributed by atoms with E-state index in [9.17, 15) is 4.79 Å². The fourth-order valence-electron chi connectivity index (χ4n) is 1.93. The van der Waals surface area contributed by atoms with E-state index in [-0.39, 0.29) is 5.91 Å². The summed E-state index contributed by atoms with van der Waals surface area (Å²) in [7, 11) is 0. The van der Waals surface area contributed by atoms with E-state index in [0.717, 1.165) is 16.7 Å². The van der Waals surface area contributed by atoms with Gasteiger partial charge in [-0.15, -0.1) is 0 Å². The van der Waals surface area contributed by atoms with Gasteiger partial charge in [0.15, 0.2) is 0 Å². The normalized spacial score (nSPS) is 10.3. The summed E-state index contributed by atoms with van der Waals surface area (Å²) in [6, 6.07) is 7.39. The van der Waals surface area contributed by atoms with Gasteiger partial charge >= 0.3 is 0 Å². The summed E-state index contributed by atoms with van der Waals surface area (Å²) in [5, 5.41) is 7.04. The van der Waals surface area contributed by atoms with Crippen molar-refractivity contribution in [3.63, 3.8) is 0 Å². The minimum atomic E-state index is -0.0121. The Bertz CT molecular complexity index is 633.